The van der Waals surface area contributed by atoms with E-state index in [1.807, 2.05) is 4.98 Å². The number of carbonyl (C=O) groups is 1. The predicted molar refractivity (Wildman–Crippen MR) is 87.6 cm³/mol. The first kappa shape index (κ1) is 18.0. The van der Waals surface area contributed by atoms with Gasteiger partial charge in [-0.2, -0.15) is 0 Å². The first-order valence-electron chi connectivity index (χ1n) is 7.90. The van der Waals surface area contributed by atoms with Crippen molar-refractivity contribution in [3.05, 3.63) is 68.5 Å². The molecule has 1 fully saturated rings. The van der Waals surface area contributed by atoms with E-state index < -0.39 is 41.8 Å². The number of rotatable bonds is 4. The summed E-state index contributed by atoms with van der Waals surface area (Å²) in [6.45, 7) is 1.06. The molecule has 2 aromatic rings. The molecule has 1 aromatic carbocycles. The van der Waals surface area contributed by atoms with E-state index in [1.54, 1.807) is 30.3 Å². The van der Waals surface area contributed by atoms with Crippen molar-refractivity contribution in [1.29, 1.82) is 0 Å². The maximum atomic E-state index is 14.4. The molecule has 0 spiro atoms. The van der Waals surface area contributed by atoms with Gasteiger partial charge in [-0.15, -0.1) is 0 Å². The number of H-pyrrole nitrogens is 1. The monoisotopic (exact) mass is 364 g/mol. The number of hydrogen-bond acceptors (Lipinski definition) is 6. The molecule has 1 aromatic heterocycles. The van der Waals surface area contributed by atoms with Crippen LogP contribution < -0.4 is 11.2 Å². The molecule has 9 heteroatoms. The van der Waals surface area contributed by atoms with E-state index in [0.717, 1.165) is 10.8 Å². The number of hydrogen-bond donors (Lipinski definition) is 2. The topological polar surface area (TPSA) is 111 Å². The molecular formula is C17H17FN2O6. The first-order chi connectivity index (χ1) is 12.4. The van der Waals surface area contributed by atoms with Gasteiger partial charge in [-0.25, -0.2) is 14.0 Å². The molecule has 2 N–H and O–H groups in total. The van der Waals surface area contributed by atoms with Crippen LogP contribution in [0.2, 0.25) is 0 Å². The van der Waals surface area contributed by atoms with Gasteiger partial charge in [0, 0.05) is 11.8 Å². The number of aromatic nitrogens is 2. The molecule has 4 atom stereocenters. The summed E-state index contributed by atoms with van der Waals surface area (Å²) in [5.41, 5.74) is -0.953. The minimum absolute atomic E-state index is 0.189. The Labute approximate surface area is 146 Å². The van der Waals surface area contributed by atoms with Gasteiger partial charge in [0.2, 0.25) is 0 Å². The third-order valence-electron chi connectivity index (χ3n) is 4.10. The minimum atomic E-state index is -1.93. The lowest BCUT2D eigenvalue weighted by Crippen LogP contribution is -2.36. The standard InChI is InChI=1S/C17H17FN2O6/c1-9-7-20(17(24)19-14(9)22)15-12(18)13(21)11(26-15)8-25-16(23)10-5-3-2-4-6-10/h2-7,11-13,15,21H,8H2,1H3,(H,19,22,24)/t11-,12+,13-,15-/m0/s1. The molecule has 26 heavy (non-hydrogen) atoms. The van der Waals surface area contributed by atoms with Gasteiger partial charge in [-0.3, -0.25) is 14.3 Å². The number of benzene rings is 1. The number of esters is 1. The molecule has 0 unspecified atom stereocenters. The molecule has 138 valence electrons. The quantitative estimate of drug-likeness (QED) is 0.755. The van der Waals surface area contributed by atoms with Crippen molar-refractivity contribution >= 4 is 5.97 Å². The first-order valence-corrected chi connectivity index (χ1v) is 7.90. The Morgan fingerprint density at radius 2 is 2.04 bits per heavy atom. The summed E-state index contributed by atoms with van der Waals surface area (Å²) in [7, 11) is 0. The molecular weight excluding hydrogens is 347 g/mol. The number of nitrogens with zero attached hydrogens (tertiary/aromatic N) is 1. The SMILES string of the molecule is Cc1cn([C@H]2O[C@@H](COC(=O)c3ccccc3)[C@H](O)[C@H]2F)c(=O)[nH]c1=O. The second-order valence-electron chi connectivity index (χ2n) is 5.94. The van der Waals surface area contributed by atoms with Gasteiger partial charge in [0.15, 0.2) is 12.4 Å². The second kappa shape index (κ2) is 7.22. The van der Waals surface area contributed by atoms with Crippen LogP contribution in [0.25, 0.3) is 0 Å². The normalized spacial score (nSPS) is 25.2. The Hall–Kier alpha value is -2.78. The summed E-state index contributed by atoms with van der Waals surface area (Å²) >= 11 is 0. The highest BCUT2D eigenvalue weighted by molar-refractivity contribution is 5.89. The molecule has 0 aliphatic carbocycles. The van der Waals surface area contributed by atoms with E-state index in [9.17, 15) is 23.9 Å². The molecule has 1 saturated heterocycles. The Morgan fingerprint density at radius 1 is 1.35 bits per heavy atom. The average molecular weight is 364 g/mol. The number of ether oxygens (including phenoxy) is 2. The van der Waals surface area contributed by atoms with Crippen molar-refractivity contribution in [1.82, 2.24) is 9.55 Å². The highest BCUT2D eigenvalue weighted by Gasteiger charge is 2.46. The van der Waals surface area contributed by atoms with E-state index in [4.69, 9.17) is 9.47 Å². The van der Waals surface area contributed by atoms with Crippen LogP contribution in [0.3, 0.4) is 0 Å². The molecule has 1 aliphatic heterocycles. The number of aliphatic hydroxyl groups excluding tert-OH is 1. The highest BCUT2D eigenvalue weighted by Crippen LogP contribution is 2.31. The van der Waals surface area contributed by atoms with Gasteiger partial charge < -0.3 is 14.6 Å². The van der Waals surface area contributed by atoms with E-state index in [2.05, 4.69) is 0 Å². The average Bonchev–Trinajstić information content (AvgIpc) is 2.91. The summed E-state index contributed by atoms with van der Waals surface area (Å²) < 4.78 is 25.7. The third kappa shape index (κ3) is 3.44. The molecule has 0 amide bonds. The number of aliphatic hydroxyl groups is 1. The van der Waals surface area contributed by atoms with Gasteiger partial charge in [-0.05, 0) is 19.1 Å². The van der Waals surface area contributed by atoms with Crippen molar-refractivity contribution in [2.75, 3.05) is 6.61 Å². The predicted octanol–water partition coefficient (Wildman–Crippen LogP) is 0.298. The minimum Gasteiger partial charge on any atom is -0.459 e. The Kier molecular flexibility index (Phi) is 5.01. The fourth-order valence-corrected chi connectivity index (χ4v) is 2.66. The van der Waals surface area contributed by atoms with Crippen LogP contribution in [0.4, 0.5) is 4.39 Å². The zero-order chi connectivity index (χ0) is 18.8. The Bertz CT molecular complexity index is 909. The lowest BCUT2D eigenvalue weighted by atomic mass is 10.1. The van der Waals surface area contributed by atoms with Gasteiger partial charge >= 0.3 is 11.7 Å². The van der Waals surface area contributed by atoms with Crippen LogP contribution >= 0.6 is 0 Å². The summed E-state index contributed by atoms with van der Waals surface area (Å²) in [4.78, 5) is 37.3. The number of carbonyl (C=O) groups excluding carboxylic acids is 1. The molecule has 0 radical (unpaired) electrons. The highest BCUT2D eigenvalue weighted by atomic mass is 19.1. The fourth-order valence-electron chi connectivity index (χ4n) is 2.66. The van der Waals surface area contributed by atoms with Crippen LogP contribution in [-0.2, 0) is 9.47 Å². The lowest BCUT2D eigenvalue weighted by molar-refractivity contribution is -0.0556. The fraction of sp³-hybridized carbons (Fsp3) is 0.353. The molecule has 2 heterocycles. The number of aryl methyl sites for hydroxylation is 1. The van der Waals surface area contributed by atoms with Crippen LogP contribution in [0.5, 0.6) is 0 Å². The van der Waals surface area contributed by atoms with E-state index >= 15 is 0 Å². The summed E-state index contributed by atoms with van der Waals surface area (Å²) in [5.74, 6) is -0.641. The summed E-state index contributed by atoms with van der Waals surface area (Å²) in [5, 5.41) is 10.0. The van der Waals surface area contributed by atoms with Crippen molar-refractivity contribution in [2.45, 2.75) is 31.5 Å². The lowest BCUT2D eigenvalue weighted by Gasteiger charge is -2.16. The summed E-state index contributed by atoms with van der Waals surface area (Å²) in [6.07, 6.45) is -4.96. The van der Waals surface area contributed by atoms with Crippen LogP contribution in [-0.4, -0.2) is 45.6 Å². The Morgan fingerprint density at radius 3 is 2.73 bits per heavy atom. The van der Waals surface area contributed by atoms with Crippen molar-refractivity contribution in [3.63, 3.8) is 0 Å². The zero-order valence-electron chi connectivity index (χ0n) is 13.8. The maximum absolute atomic E-state index is 14.4. The van der Waals surface area contributed by atoms with Crippen LogP contribution in [0.15, 0.2) is 46.1 Å². The van der Waals surface area contributed by atoms with Gasteiger partial charge in [0.25, 0.3) is 5.56 Å². The van der Waals surface area contributed by atoms with E-state index in [-0.39, 0.29) is 12.2 Å². The van der Waals surface area contributed by atoms with Gasteiger partial charge in [0.1, 0.15) is 18.8 Å². The summed E-state index contributed by atoms with van der Waals surface area (Å²) in [6, 6.07) is 8.17. The van der Waals surface area contributed by atoms with Crippen molar-refractivity contribution in [3.8, 4) is 0 Å². The molecule has 1 aliphatic rings. The van der Waals surface area contributed by atoms with Crippen LogP contribution in [0.1, 0.15) is 22.1 Å². The number of aromatic amines is 1. The van der Waals surface area contributed by atoms with Crippen molar-refractivity contribution in [2.24, 2.45) is 0 Å². The maximum Gasteiger partial charge on any atom is 0.338 e. The van der Waals surface area contributed by atoms with E-state index in [0.29, 0.717) is 5.56 Å². The molecule has 3 rings (SSSR count). The van der Waals surface area contributed by atoms with Crippen molar-refractivity contribution < 1.29 is 23.8 Å². The van der Waals surface area contributed by atoms with Gasteiger partial charge in [0.05, 0.1) is 5.56 Å². The third-order valence-corrected chi connectivity index (χ3v) is 4.10. The smallest absolute Gasteiger partial charge is 0.338 e. The Balaban J connectivity index is 1.72. The molecule has 0 bridgehead atoms. The second-order valence-corrected chi connectivity index (χ2v) is 5.94. The van der Waals surface area contributed by atoms with Gasteiger partial charge in [-0.1, -0.05) is 18.2 Å². The van der Waals surface area contributed by atoms with E-state index in [1.165, 1.54) is 6.92 Å². The number of halogens is 1. The number of alkyl halides is 1. The largest absolute Gasteiger partial charge is 0.459 e. The number of nitrogens with one attached hydrogen (secondary N) is 1. The van der Waals surface area contributed by atoms with Crippen LogP contribution in [0, 0.1) is 6.92 Å². The zero-order valence-corrected chi connectivity index (χ0v) is 13.8. The molecule has 8 nitrogen and oxygen atoms in total. The molecule has 0 saturated carbocycles.